The minimum atomic E-state index is -0.556. The van der Waals surface area contributed by atoms with Crippen molar-refractivity contribution in [3.63, 3.8) is 0 Å². The fourth-order valence-corrected chi connectivity index (χ4v) is 3.32. The molecule has 0 aromatic heterocycles. The predicted molar refractivity (Wildman–Crippen MR) is 87.8 cm³/mol. The lowest BCUT2D eigenvalue weighted by Crippen LogP contribution is -2.19. The Morgan fingerprint density at radius 2 is 1.76 bits per heavy atom. The van der Waals surface area contributed by atoms with Crippen molar-refractivity contribution < 1.29 is 14.6 Å². The molecule has 2 atom stereocenters. The lowest BCUT2D eigenvalue weighted by Gasteiger charge is -2.30. The van der Waals surface area contributed by atoms with Gasteiger partial charge in [0.1, 0.15) is 17.6 Å². The fourth-order valence-electron chi connectivity index (χ4n) is 2.57. The minimum absolute atomic E-state index is 0.235. The van der Waals surface area contributed by atoms with Crippen LogP contribution >= 0.6 is 31.9 Å². The van der Waals surface area contributed by atoms with Gasteiger partial charge in [-0.15, -0.1) is 0 Å². The molecule has 0 saturated heterocycles. The molecule has 1 heterocycles. The van der Waals surface area contributed by atoms with Crippen LogP contribution in [0.3, 0.4) is 0 Å². The number of benzene rings is 2. The molecule has 0 radical (unpaired) electrons. The summed E-state index contributed by atoms with van der Waals surface area (Å²) < 4.78 is 13.4. The van der Waals surface area contributed by atoms with Gasteiger partial charge in [0, 0.05) is 26.5 Å². The molecule has 2 aromatic carbocycles. The molecule has 0 spiro atoms. The van der Waals surface area contributed by atoms with Crippen LogP contribution in [0.5, 0.6) is 11.5 Å². The molecule has 3 rings (SSSR count). The number of fused-ring (bicyclic) bond motifs is 1. The van der Waals surface area contributed by atoms with E-state index in [-0.39, 0.29) is 6.10 Å². The molecule has 1 aliphatic rings. The topological polar surface area (TPSA) is 38.7 Å². The van der Waals surface area contributed by atoms with Crippen LogP contribution < -0.4 is 9.47 Å². The van der Waals surface area contributed by atoms with Crippen LogP contribution in [-0.4, -0.2) is 12.2 Å². The molecular formula is C16H14Br2O3. The zero-order chi connectivity index (χ0) is 15.0. The smallest absolute Gasteiger partial charge is 0.130 e. The van der Waals surface area contributed by atoms with E-state index in [2.05, 4.69) is 31.9 Å². The average molecular weight is 414 g/mol. The number of hydrogen-bond donors (Lipinski definition) is 1. The Kier molecular flexibility index (Phi) is 4.24. The van der Waals surface area contributed by atoms with E-state index in [4.69, 9.17) is 9.47 Å². The van der Waals surface area contributed by atoms with Gasteiger partial charge < -0.3 is 14.6 Å². The normalized spacial score (nSPS) is 20.6. The molecule has 0 aliphatic carbocycles. The second-order valence-corrected chi connectivity index (χ2v) is 6.76. The molecule has 0 fully saturated rings. The van der Waals surface area contributed by atoms with Crippen LogP contribution in [0.2, 0.25) is 0 Å². The molecule has 0 amide bonds. The van der Waals surface area contributed by atoms with E-state index in [0.29, 0.717) is 12.2 Å². The van der Waals surface area contributed by atoms with Gasteiger partial charge in [-0.3, -0.25) is 0 Å². The zero-order valence-electron chi connectivity index (χ0n) is 11.3. The first-order valence-electron chi connectivity index (χ1n) is 6.56. The second-order valence-electron chi connectivity index (χ2n) is 4.93. The number of aliphatic hydroxyl groups excluding tert-OH is 1. The first-order valence-corrected chi connectivity index (χ1v) is 8.14. The van der Waals surface area contributed by atoms with E-state index in [1.807, 2.05) is 36.4 Å². The zero-order valence-corrected chi connectivity index (χ0v) is 14.5. The van der Waals surface area contributed by atoms with Gasteiger partial charge in [-0.1, -0.05) is 31.9 Å². The van der Waals surface area contributed by atoms with Gasteiger partial charge in [0.25, 0.3) is 0 Å². The lowest BCUT2D eigenvalue weighted by molar-refractivity contribution is 0.0644. The summed E-state index contributed by atoms with van der Waals surface area (Å²) in [7, 11) is 1.64. The first-order chi connectivity index (χ1) is 10.1. The Bertz CT molecular complexity index is 673. The van der Waals surface area contributed by atoms with Gasteiger partial charge in [-0.25, -0.2) is 0 Å². The molecule has 1 unspecified atom stereocenters. The quantitative estimate of drug-likeness (QED) is 0.769. The first kappa shape index (κ1) is 14.9. The Hall–Kier alpha value is -1.04. The van der Waals surface area contributed by atoms with Gasteiger partial charge in [0.2, 0.25) is 0 Å². The van der Waals surface area contributed by atoms with Crippen molar-refractivity contribution >= 4 is 31.9 Å². The van der Waals surface area contributed by atoms with Crippen molar-refractivity contribution in [2.24, 2.45) is 0 Å². The second kappa shape index (κ2) is 5.99. The molecule has 2 aromatic rings. The standard InChI is InChI=1S/C16H14Br2O3/c1-20-14-4-2-10(18)7-12(14)16-8-13(19)11-6-9(17)3-5-15(11)21-16/h2-7,13,16,19H,8H2,1H3/t13-,16?/m1/s1. The lowest BCUT2D eigenvalue weighted by atomic mass is 9.94. The number of ether oxygens (including phenoxy) is 2. The summed E-state index contributed by atoms with van der Waals surface area (Å²) >= 11 is 6.89. The highest BCUT2D eigenvalue weighted by Gasteiger charge is 2.30. The summed E-state index contributed by atoms with van der Waals surface area (Å²) in [5.74, 6) is 1.47. The predicted octanol–water partition coefficient (Wildman–Crippen LogP) is 4.78. The summed E-state index contributed by atoms with van der Waals surface area (Å²) in [6.07, 6.45) is -0.294. The van der Waals surface area contributed by atoms with Crippen molar-refractivity contribution in [1.29, 1.82) is 0 Å². The molecule has 1 N–H and O–H groups in total. The monoisotopic (exact) mass is 412 g/mol. The molecule has 3 nitrogen and oxygen atoms in total. The molecule has 0 bridgehead atoms. The van der Waals surface area contributed by atoms with Crippen LogP contribution in [0.25, 0.3) is 0 Å². The van der Waals surface area contributed by atoms with Crippen molar-refractivity contribution in [3.8, 4) is 11.5 Å². The molecule has 110 valence electrons. The Morgan fingerprint density at radius 3 is 2.48 bits per heavy atom. The van der Waals surface area contributed by atoms with Crippen molar-refractivity contribution in [3.05, 3.63) is 56.5 Å². The highest BCUT2D eigenvalue weighted by molar-refractivity contribution is 9.10. The van der Waals surface area contributed by atoms with Crippen LogP contribution in [0.1, 0.15) is 29.8 Å². The Morgan fingerprint density at radius 1 is 1.10 bits per heavy atom. The van der Waals surface area contributed by atoms with Crippen molar-refractivity contribution in [2.45, 2.75) is 18.6 Å². The van der Waals surface area contributed by atoms with E-state index < -0.39 is 6.10 Å². The summed E-state index contributed by atoms with van der Waals surface area (Å²) in [6, 6.07) is 11.5. The van der Waals surface area contributed by atoms with E-state index in [1.54, 1.807) is 7.11 Å². The van der Waals surface area contributed by atoms with Crippen LogP contribution in [0, 0.1) is 0 Å². The molecular weight excluding hydrogens is 400 g/mol. The molecule has 1 aliphatic heterocycles. The molecule has 0 saturated carbocycles. The highest BCUT2D eigenvalue weighted by Crippen LogP contribution is 2.44. The maximum Gasteiger partial charge on any atom is 0.130 e. The fraction of sp³-hybridized carbons (Fsp3) is 0.250. The third-order valence-corrected chi connectivity index (χ3v) is 4.56. The average Bonchev–Trinajstić information content (AvgIpc) is 2.47. The largest absolute Gasteiger partial charge is 0.496 e. The molecule has 5 heteroatoms. The van der Waals surface area contributed by atoms with Gasteiger partial charge in [0.05, 0.1) is 13.2 Å². The Balaban J connectivity index is 1.99. The number of hydrogen-bond acceptors (Lipinski definition) is 3. The summed E-state index contributed by atoms with van der Waals surface area (Å²) in [5, 5.41) is 10.4. The van der Waals surface area contributed by atoms with Gasteiger partial charge in [0.15, 0.2) is 0 Å². The highest BCUT2D eigenvalue weighted by atomic mass is 79.9. The van der Waals surface area contributed by atoms with Crippen LogP contribution in [-0.2, 0) is 0 Å². The summed E-state index contributed by atoms with van der Waals surface area (Å²) in [4.78, 5) is 0. The van der Waals surface area contributed by atoms with E-state index in [1.165, 1.54) is 0 Å². The van der Waals surface area contributed by atoms with Crippen LogP contribution in [0.15, 0.2) is 45.3 Å². The van der Waals surface area contributed by atoms with Crippen molar-refractivity contribution in [1.82, 2.24) is 0 Å². The number of methoxy groups -OCH3 is 1. The van der Waals surface area contributed by atoms with Gasteiger partial charge >= 0.3 is 0 Å². The third kappa shape index (κ3) is 2.96. The van der Waals surface area contributed by atoms with E-state index >= 15 is 0 Å². The van der Waals surface area contributed by atoms with E-state index in [0.717, 1.165) is 25.8 Å². The summed E-state index contributed by atoms with van der Waals surface area (Å²) in [5.41, 5.74) is 1.74. The number of rotatable bonds is 2. The SMILES string of the molecule is COc1ccc(Br)cc1C1C[C@@H](O)c2cc(Br)ccc2O1. The third-order valence-electron chi connectivity index (χ3n) is 3.58. The Labute approximate surface area is 140 Å². The van der Waals surface area contributed by atoms with Crippen molar-refractivity contribution in [2.75, 3.05) is 7.11 Å². The minimum Gasteiger partial charge on any atom is -0.496 e. The summed E-state index contributed by atoms with van der Waals surface area (Å²) in [6.45, 7) is 0. The number of aliphatic hydroxyl groups is 1. The van der Waals surface area contributed by atoms with Gasteiger partial charge in [-0.05, 0) is 36.4 Å². The van der Waals surface area contributed by atoms with Crippen LogP contribution in [0.4, 0.5) is 0 Å². The number of halogens is 2. The van der Waals surface area contributed by atoms with E-state index in [9.17, 15) is 5.11 Å². The van der Waals surface area contributed by atoms with Gasteiger partial charge in [-0.2, -0.15) is 0 Å². The molecule has 21 heavy (non-hydrogen) atoms. The maximum atomic E-state index is 10.4. The maximum absolute atomic E-state index is 10.4.